The Morgan fingerprint density at radius 3 is 2.55 bits per heavy atom. The second-order valence-corrected chi connectivity index (χ2v) is 4.80. The molecule has 0 bridgehead atoms. The van der Waals surface area contributed by atoms with Gasteiger partial charge in [0.2, 0.25) is 5.91 Å². The van der Waals surface area contributed by atoms with Crippen molar-refractivity contribution in [2.75, 3.05) is 6.54 Å². The van der Waals surface area contributed by atoms with Crippen LogP contribution < -0.4 is 11.1 Å². The van der Waals surface area contributed by atoms with Crippen molar-refractivity contribution >= 4 is 5.91 Å². The third kappa shape index (κ3) is 2.58. The fourth-order valence-corrected chi connectivity index (χ4v) is 2.37. The van der Waals surface area contributed by atoms with Crippen molar-refractivity contribution in [3.8, 4) is 0 Å². The smallest absolute Gasteiger partial charge is 0.244 e. The molecular formula is C15H20N4O. The molecule has 1 aromatic heterocycles. The van der Waals surface area contributed by atoms with Crippen LogP contribution >= 0.6 is 0 Å². The van der Waals surface area contributed by atoms with Gasteiger partial charge in [-0.3, -0.25) is 14.8 Å². The standard InChI is InChI=1S/C15H20N4O/c1-3-17-15(14(16)20,13-7-5-4-6-8-13)11-19-12(2)9-10-18-19/h4-10,17H,3,11H2,1-2H3,(H2,16,20). The summed E-state index contributed by atoms with van der Waals surface area (Å²) in [5.74, 6) is -0.402. The summed E-state index contributed by atoms with van der Waals surface area (Å²) in [5, 5.41) is 7.50. The number of primary amides is 1. The predicted octanol–water partition coefficient (Wildman–Crippen LogP) is 1.18. The van der Waals surface area contributed by atoms with E-state index in [-0.39, 0.29) is 0 Å². The Morgan fingerprint density at radius 1 is 1.35 bits per heavy atom. The van der Waals surface area contributed by atoms with Crippen LogP contribution in [-0.4, -0.2) is 22.2 Å². The number of carbonyl (C=O) groups excluding carboxylic acids is 1. The van der Waals surface area contributed by atoms with Gasteiger partial charge in [-0.2, -0.15) is 5.10 Å². The minimum absolute atomic E-state index is 0.374. The lowest BCUT2D eigenvalue weighted by atomic mass is 9.88. The first-order valence-corrected chi connectivity index (χ1v) is 6.69. The molecule has 0 fully saturated rings. The van der Waals surface area contributed by atoms with E-state index in [1.165, 1.54) is 0 Å². The molecule has 0 radical (unpaired) electrons. The number of rotatable bonds is 6. The maximum atomic E-state index is 12.2. The van der Waals surface area contributed by atoms with E-state index in [0.717, 1.165) is 11.3 Å². The van der Waals surface area contributed by atoms with Crippen LogP contribution in [-0.2, 0) is 16.9 Å². The van der Waals surface area contributed by atoms with Crippen molar-refractivity contribution in [3.63, 3.8) is 0 Å². The number of likely N-dealkylation sites (N-methyl/N-ethyl adjacent to an activating group) is 1. The van der Waals surface area contributed by atoms with Gasteiger partial charge in [0.1, 0.15) is 5.54 Å². The molecule has 2 rings (SSSR count). The van der Waals surface area contributed by atoms with Crippen LogP contribution in [0.2, 0.25) is 0 Å². The van der Waals surface area contributed by atoms with Gasteiger partial charge in [0.15, 0.2) is 0 Å². The van der Waals surface area contributed by atoms with Gasteiger partial charge in [-0.05, 0) is 25.1 Å². The number of hydrogen-bond acceptors (Lipinski definition) is 3. The molecule has 0 saturated heterocycles. The van der Waals surface area contributed by atoms with Crippen molar-refractivity contribution < 1.29 is 4.79 Å². The van der Waals surface area contributed by atoms with Crippen LogP contribution in [0.1, 0.15) is 18.2 Å². The molecule has 0 aliphatic carbocycles. The van der Waals surface area contributed by atoms with Crippen LogP contribution in [0.3, 0.4) is 0 Å². The summed E-state index contributed by atoms with van der Waals surface area (Å²) in [4.78, 5) is 12.2. The van der Waals surface area contributed by atoms with E-state index in [1.807, 2.05) is 50.2 Å². The first-order chi connectivity index (χ1) is 9.60. The Hall–Kier alpha value is -2.14. The third-order valence-corrected chi connectivity index (χ3v) is 3.48. The molecular weight excluding hydrogens is 252 g/mol. The average molecular weight is 272 g/mol. The molecule has 1 heterocycles. The highest BCUT2D eigenvalue weighted by atomic mass is 16.1. The summed E-state index contributed by atoms with van der Waals surface area (Å²) in [6, 6.07) is 11.4. The molecule has 0 aliphatic rings. The summed E-state index contributed by atoms with van der Waals surface area (Å²) >= 11 is 0. The minimum Gasteiger partial charge on any atom is -0.368 e. The largest absolute Gasteiger partial charge is 0.368 e. The van der Waals surface area contributed by atoms with Crippen molar-refractivity contribution in [1.29, 1.82) is 0 Å². The maximum absolute atomic E-state index is 12.2. The van der Waals surface area contributed by atoms with Gasteiger partial charge < -0.3 is 5.73 Å². The summed E-state index contributed by atoms with van der Waals surface area (Å²) < 4.78 is 1.79. The molecule has 20 heavy (non-hydrogen) atoms. The molecule has 5 nitrogen and oxygen atoms in total. The Kier molecular flexibility index (Phi) is 4.20. The van der Waals surface area contributed by atoms with Crippen molar-refractivity contribution in [1.82, 2.24) is 15.1 Å². The van der Waals surface area contributed by atoms with Crippen LogP contribution in [0, 0.1) is 6.92 Å². The molecule has 0 saturated carbocycles. The molecule has 1 amide bonds. The Morgan fingerprint density at radius 2 is 2.05 bits per heavy atom. The molecule has 0 aliphatic heterocycles. The number of aromatic nitrogens is 2. The predicted molar refractivity (Wildman–Crippen MR) is 78.0 cm³/mol. The van der Waals surface area contributed by atoms with Gasteiger partial charge in [0.05, 0.1) is 6.54 Å². The number of nitrogens with two attached hydrogens (primary N) is 1. The first kappa shape index (κ1) is 14.3. The Balaban J connectivity index is 2.48. The van der Waals surface area contributed by atoms with E-state index in [9.17, 15) is 4.79 Å². The van der Waals surface area contributed by atoms with E-state index in [0.29, 0.717) is 13.1 Å². The molecule has 1 aromatic carbocycles. The lowest BCUT2D eigenvalue weighted by Crippen LogP contribution is -2.55. The third-order valence-electron chi connectivity index (χ3n) is 3.48. The second-order valence-electron chi connectivity index (χ2n) is 4.80. The molecule has 106 valence electrons. The molecule has 1 atom stereocenters. The highest BCUT2D eigenvalue weighted by molar-refractivity contribution is 5.86. The molecule has 0 spiro atoms. The zero-order chi connectivity index (χ0) is 14.6. The maximum Gasteiger partial charge on any atom is 0.244 e. The van der Waals surface area contributed by atoms with Gasteiger partial charge in [-0.15, -0.1) is 0 Å². The normalized spacial score (nSPS) is 13.9. The zero-order valence-corrected chi connectivity index (χ0v) is 11.8. The number of nitrogens with one attached hydrogen (secondary N) is 1. The lowest BCUT2D eigenvalue weighted by molar-refractivity contribution is -0.125. The zero-order valence-electron chi connectivity index (χ0n) is 11.8. The number of hydrogen-bond donors (Lipinski definition) is 2. The number of nitrogens with zero attached hydrogens (tertiary/aromatic N) is 2. The number of aryl methyl sites for hydroxylation is 1. The molecule has 2 aromatic rings. The van der Waals surface area contributed by atoms with Gasteiger partial charge in [-0.25, -0.2) is 0 Å². The molecule has 5 heteroatoms. The number of amides is 1. The van der Waals surface area contributed by atoms with E-state index in [4.69, 9.17) is 5.73 Å². The van der Waals surface area contributed by atoms with Gasteiger partial charge in [0.25, 0.3) is 0 Å². The van der Waals surface area contributed by atoms with E-state index in [1.54, 1.807) is 10.9 Å². The van der Waals surface area contributed by atoms with Gasteiger partial charge in [-0.1, -0.05) is 37.3 Å². The number of benzene rings is 1. The van der Waals surface area contributed by atoms with Gasteiger partial charge in [0, 0.05) is 11.9 Å². The monoisotopic (exact) mass is 272 g/mol. The van der Waals surface area contributed by atoms with E-state index >= 15 is 0 Å². The fraction of sp³-hybridized carbons (Fsp3) is 0.333. The van der Waals surface area contributed by atoms with Crippen LogP contribution in [0.25, 0.3) is 0 Å². The van der Waals surface area contributed by atoms with E-state index in [2.05, 4.69) is 10.4 Å². The SMILES string of the molecule is CCNC(Cn1nccc1C)(C(N)=O)c1ccccc1. The molecule has 3 N–H and O–H groups in total. The topological polar surface area (TPSA) is 72.9 Å². The lowest BCUT2D eigenvalue weighted by Gasteiger charge is -2.32. The van der Waals surface area contributed by atoms with Crippen molar-refractivity contribution in [3.05, 3.63) is 53.9 Å². The van der Waals surface area contributed by atoms with E-state index < -0.39 is 11.4 Å². The summed E-state index contributed by atoms with van der Waals surface area (Å²) in [6.07, 6.45) is 1.72. The Bertz CT molecular complexity index is 579. The highest BCUT2D eigenvalue weighted by Crippen LogP contribution is 2.23. The van der Waals surface area contributed by atoms with Crippen molar-refractivity contribution in [2.24, 2.45) is 5.73 Å². The van der Waals surface area contributed by atoms with Crippen LogP contribution in [0.15, 0.2) is 42.6 Å². The fourth-order valence-electron chi connectivity index (χ4n) is 2.37. The van der Waals surface area contributed by atoms with Crippen LogP contribution in [0.5, 0.6) is 0 Å². The highest BCUT2D eigenvalue weighted by Gasteiger charge is 2.38. The summed E-state index contributed by atoms with van der Waals surface area (Å²) in [5.41, 5.74) is 6.60. The average Bonchev–Trinajstić information content (AvgIpc) is 2.84. The van der Waals surface area contributed by atoms with Gasteiger partial charge >= 0.3 is 0 Å². The summed E-state index contributed by atoms with van der Waals surface area (Å²) in [7, 11) is 0. The summed E-state index contributed by atoms with van der Waals surface area (Å²) in [6.45, 7) is 4.92. The minimum atomic E-state index is -0.952. The van der Waals surface area contributed by atoms with Crippen LogP contribution in [0.4, 0.5) is 0 Å². The van der Waals surface area contributed by atoms with Crippen molar-refractivity contribution in [2.45, 2.75) is 25.9 Å². The molecule has 1 unspecified atom stereocenters. The quantitative estimate of drug-likeness (QED) is 0.829. The number of carbonyl (C=O) groups is 1. The first-order valence-electron chi connectivity index (χ1n) is 6.69. The second kappa shape index (κ2) is 5.88. The Labute approximate surface area is 118 Å².